The number of nitrogens with zero attached hydrogens (tertiary/aromatic N) is 4. The Morgan fingerprint density at radius 1 is 0.449 bits per heavy atom. The van der Waals surface area contributed by atoms with Gasteiger partial charge in [-0.3, -0.25) is 4.57 Å². The highest BCUT2D eigenvalue weighted by molar-refractivity contribution is 7.26. The zero-order valence-electron chi connectivity index (χ0n) is 26.2. The molecule has 7 aromatic carbocycles. The number of hydrogen-bond donors (Lipinski definition) is 0. The highest BCUT2D eigenvalue weighted by Crippen LogP contribution is 2.47. The van der Waals surface area contributed by atoms with Gasteiger partial charge in [-0.2, -0.15) is 0 Å². The Kier molecular flexibility index (Phi) is 5.51. The number of hydrogen-bond acceptors (Lipinski definition) is 3. The van der Waals surface area contributed by atoms with Crippen molar-refractivity contribution in [2.75, 3.05) is 0 Å². The van der Waals surface area contributed by atoms with E-state index >= 15 is 0 Å². The molecule has 0 amide bonds. The van der Waals surface area contributed by atoms with Gasteiger partial charge in [-0.25, -0.2) is 9.97 Å². The van der Waals surface area contributed by atoms with Gasteiger partial charge in [0.25, 0.3) is 0 Å². The predicted molar refractivity (Wildman–Crippen MR) is 207 cm³/mol. The van der Waals surface area contributed by atoms with Crippen molar-refractivity contribution in [2.45, 2.75) is 0 Å². The normalized spacial score (nSPS) is 12.1. The van der Waals surface area contributed by atoms with E-state index in [2.05, 4.69) is 167 Å². The van der Waals surface area contributed by atoms with Gasteiger partial charge in [-0.1, -0.05) is 133 Å². The van der Waals surface area contributed by atoms with Crippen molar-refractivity contribution >= 4 is 86.0 Å². The van der Waals surface area contributed by atoms with Crippen LogP contribution in [0.5, 0.6) is 0 Å². The van der Waals surface area contributed by atoms with Crippen molar-refractivity contribution in [3.8, 4) is 22.9 Å². The van der Waals surface area contributed by atoms with Crippen LogP contribution in [0.3, 0.4) is 0 Å². The number of para-hydroxylation sites is 3. The van der Waals surface area contributed by atoms with Crippen molar-refractivity contribution in [2.24, 2.45) is 0 Å². The molecule has 4 aromatic heterocycles. The molecule has 0 atom stereocenters. The lowest BCUT2D eigenvalue weighted by Gasteiger charge is -2.13. The molecule has 0 saturated heterocycles. The van der Waals surface area contributed by atoms with Crippen LogP contribution in [0.1, 0.15) is 0 Å². The number of aromatic nitrogens is 4. The van der Waals surface area contributed by atoms with Gasteiger partial charge in [-0.05, 0) is 29.7 Å². The molecule has 0 unspecified atom stereocenters. The smallest absolute Gasteiger partial charge is 0.235 e. The van der Waals surface area contributed by atoms with E-state index in [1.54, 1.807) is 0 Å². The highest BCUT2D eigenvalue weighted by atomic mass is 32.1. The summed E-state index contributed by atoms with van der Waals surface area (Å²) in [4.78, 5) is 12.0. The van der Waals surface area contributed by atoms with E-state index in [0.717, 1.165) is 38.9 Å². The van der Waals surface area contributed by atoms with E-state index in [9.17, 15) is 0 Å². The minimum absolute atomic E-state index is 0.676. The fraction of sp³-hybridized carbons (Fsp3) is 0. The van der Waals surface area contributed by atoms with Gasteiger partial charge in [0, 0.05) is 49.0 Å². The molecule has 4 nitrogen and oxygen atoms in total. The van der Waals surface area contributed by atoms with Crippen LogP contribution in [0.2, 0.25) is 0 Å². The average Bonchev–Trinajstić information content (AvgIpc) is 3.82. The predicted octanol–water partition coefficient (Wildman–Crippen LogP) is 11.9. The Hall–Kier alpha value is -6.30. The number of fused-ring (bicyclic) bond motifs is 12. The third-order valence-corrected chi connectivity index (χ3v) is 11.1. The van der Waals surface area contributed by atoms with Crippen LogP contribution in [-0.2, 0) is 0 Å². The Morgan fingerprint density at radius 3 is 1.96 bits per heavy atom. The third kappa shape index (κ3) is 3.73. The molecule has 11 rings (SSSR count). The van der Waals surface area contributed by atoms with Gasteiger partial charge in [0.1, 0.15) is 4.83 Å². The number of rotatable bonds is 3. The van der Waals surface area contributed by atoms with Gasteiger partial charge in [-0.15, -0.1) is 11.3 Å². The van der Waals surface area contributed by atoms with Gasteiger partial charge < -0.3 is 4.57 Å². The van der Waals surface area contributed by atoms with Crippen molar-refractivity contribution in [1.82, 2.24) is 19.1 Å². The third-order valence-electron chi connectivity index (χ3n) is 9.92. The van der Waals surface area contributed by atoms with Gasteiger partial charge in [0.05, 0.1) is 32.5 Å². The molecule has 0 bridgehead atoms. The quantitative estimate of drug-likeness (QED) is 0.192. The molecular formula is C44H26N4S. The first-order valence-corrected chi connectivity index (χ1v) is 17.3. The largest absolute Gasteiger partial charge is 0.301 e. The second-order valence-electron chi connectivity index (χ2n) is 12.6. The molecule has 0 aliphatic carbocycles. The molecular weight excluding hydrogens is 617 g/mol. The van der Waals surface area contributed by atoms with E-state index in [4.69, 9.17) is 9.97 Å². The first kappa shape index (κ1) is 26.7. The second-order valence-corrected chi connectivity index (χ2v) is 13.6. The molecule has 11 aromatic rings. The van der Waals surface area contributed by atoms with Crippen molar-refractivity contribution in [3.63, 3.8) is 0 Å². The van der Waals surface area contributed by atoms with Gasteiger partial charge in [0.2, 0.25) is 5.95 Å². The summed E-state index contributed by atoms with van der Waals surface area (Å²) in [6.07, 6.45) is 0. The molecule has 0 radical (unpaired) electrons. The topological polar surface area (TPSA) is 35.6 Å². The zero-order valence-corrected chi connectivity index (χ0v) is 27.0. The minimum atomic E-state index is 0.676. The molecule has 228 valence electrons. The molecule has 4 heterocycles. The average molecular weight is 643 g/mol. The summed E-state index contributed by atoms with van der Waals surface area (Å²) in [5.74, 6) is 0.676. The van der Waals surface area contributed by atoms with Crippen molar-refractivity contribution in [3.05, 3.63) is 158 Å². The summed E-state index contributed by atoms with van der Waals surface area (Å²) >= 11 is 1.86. The summed E-state index contributed by atoms with van der Waals surface area (Å²) in [6.45, 7) is 0. The second kappa shape index (κ2) is 10.1. The van der Waals surface area contributed by atoms with Crippen molar-refractivity contribution in [1.29, 1.82) is 0 Å². The summed E-state index contributed by atoms with van der Waals surface area (Å²) in [7, 11) is 0. The lowest BCUT2D eigenvalue weighted by molar-refractivity contribution is 1.02. The molecule has 0 aliphatic rings. The Bertz CT molecular complexity index is 3100. The van der Waals surface area contributed by atoms with Crippen LogP contribution in [0.25, 0.3) is 97.6 Å². The SMILES string of the molecule is c1ccc(-c2nc(-n3c4c5ccccc5ccc4c4ccc5c(sc6c5c5ccccc5n6-c5ccccc5)c43)nc3ccccc23)cc1. The fourth-order valence-corrected chi connectivity index (χ4v) is 9.21. The first-order chi connectivity index (χ1) is 24.3. The lowest BCUT2D eigenvalue weighted by atomic mass is 10.0. The summed E-state index contributed by atoms with van der Waals surface area (Å²) in [5.41, 5.74) is 7.57. The molecule has 0 spiro atoms. The van der Waals surface area contributed by atoms with E-state index in [1.165, 1.54) is 52.8 Å². The van der Waals surface area contributed by atoms with E-state index < -0.39 is 0 Å². The maximum atomic E-state index is 5.44. The number of benzene rings is 7. The summed E-state index contributed by atoms with van der Waals surface area (Å²) in [6, 6.07) is 56.1. The molecule has 49 heavy (non-hydrogen) atoms. The van der Waals surface area contributed by atoms with Gasteiger partial charge >= 0.3 is 0 Å². The summed E-state index contributed by atoms with van der Waals surface area (Å²) in [5, 5.41) is 9.60. The minimum Gasteiger partial charge on any atom is -0.301 e. The van der Waals surface area contributed by atoms with Crippen LogP contribution < -0.4 is 0 Å². The zero-order chi connectivity index (χ0) is 32.1. The molecule has 0 N–H and O–H groups in total. The van der Waals surface area contributed by atoms with Crippen molar-refractivity contribution < 1.29 is 0 Å². The number of thiophene rings is 1. The Morgan fingerprint density at radius 2 is 1.10 bits per heavy atom. The molecule has 0 aliphatic heterocycles. The molecule has 0 fully saturated rings. The highest BCUT2D eigenvalue weighted by Gasteiger charge is 2.24. The van der Waals surface area contributed by atoms with E-state index in [1.807, 2.05) is 11.3 Å². The fourth-order valence-electron chi connectivity index (χ4n) is 7.82. The maximum Gasteiger partial charge on any atom is 0.235 e. The molecule has 5 heteroatoms. The monoisotopic (exact) mass is 642 g/mol. The standard InChI is InChI=1S/C44H26N4S/c1-3-14-28(15-4-1)39-33-19-9-11-21-36(33)45-44(46-39)48-40-30-18-8-7-13-27(30)23-24-31(40)32-25-26-35-38-34-20-10-12-22-37(34)47(29-16-5-2-6-17-29)43(38)49-42(35)41(32)48/h1-26H. The van der Waals surface area contributed by atoms with Crippen LogP contribution in [0, 0.1) is 0 Å². The first-order valence-electron chi connectivity index (χ1n) is 16.5. The maximum absolute atomic E-state index is 5.44. The van der Waals surface area contributed by atoms with Crippen LogP contribution in [0.15, 0.2) is 158 Å². The van der Waals surface area contributed by atoms with Crippen LogP contribution in [-0.4, -0.2) is 19.1 Å². The Labute approximate surface area is 284 Å². The van der Waals surface area contributed by atoms with Crippen LogP contribution >= 0.6 is 11.3 Å². The Balaban J connectivity index is 1.35. The van der Waals surface area contributed by atoms with E-state index in [-0.39, 0.29) is 0 Å². The molecule has 0 saturated carbocycles. The van der Waals surface area contributed by atoms with Crippen LogP contribution in [0.4, 0.5) is 0 Å². The summed E-state index contributed by atoms with van der Waals surface area (Å²) < 4.78 is 6.00. The lowest BCUT2D eigenvalue weighted by Crippen LogP contribution is -2.03. The van der Waals surface area contributed by atoms with Gasteiger partial charge in [0.15, 0.2) is 0 Å². The van der Waals surface area contributed by atoms with E-state index in [0.29, 0.717) is 5.95 Å².